The third kappa shape index (κ3) is 7.08. The Bertz CT molecular complexity index is 1520. The molecule has 8 heteroatoms. The van der Waals surface area contributed by atoms with Crippen LogP contribution in [-0.2, 0) is 22.6 Å². The van der Waals surface area contributed by atoms with Gasteiger partial charge in [-0.15, -0.1) is 0 Å². The maximum absolute atomic E-state index is 13.7. The Labute approximate surface area is 254 Å². The van der Waals surface area contributed by atoms with Crippen LogP contribution < -0.4 is 15.8 Å². The third-order valence-electron chi connectivity index (χ3n) is 8.92. The molecule has 43 heavy (non-hydrogen) atoms. The van der Waals surface area contributed by atoms with Crippen molar-refractivity contribution in [2.45, 2.75) is 66.5 Å². The molecular weight excluding hydrogens is 540 g/mol. The summed E-state index contributed by atoms with van der Waals surface area (Å²) in [5.41, 5.74) is 7.08. The highest BCUT2D eigenvalue weighted by Crippen LogP contribution is 2.34. The summed E-state index contributed by atoms with van der Waals surface area (Å²) in [6.45, 7) is 12.5. The van der Waals surface area contributed by atoms with E-state index in [1.165, 1.54) is 5.56 Å². The first-order chi connectivity index (χ1) is 20.7. The number of nitrogens with one attached hydrogen (secondary N) is 2. The van der Waals surface area contributed by atoms with Crippen molar-refractivity contribution in [3.63, 3.8) is 0 Å². The second-order valence-corrected chi connectivity index (χ2v) is 11.9. The third-order valence-corrected chi connectivity index (χ3v) is 8.92. The Balaban J connectivity index is 1.48. The zero-order valence-corrected chi connectivity index (χ0v) is 25.9. The second kappa shape index (κ2) is 13.7. The Morgan fingerprint density at radius 3 is 2.35 bits per heavy atom. The number of carbonyl (C=O) groups is 2. The van der Waals surface area contributed by atoms with E-state index >= 15 is 0 Å². The number of anilines is 1. The fraction of sp³-hybridized carbons (Fsp3) is 0.457. The number of benzene rings is 2. The largest absolute Gasteiger partial charge is 0.379 e. The Morgan fingerprint density at radius 1 is 1.00 bits per heavy atom. The number of hydrogen-bond donors (Lipinski definition) is 2. The minimum atomic E-state index is -0.270. The number of carbonyl (C=O) groups excluding carboxylic acids is 2. The van der Waals surface area contributed by atoms with E-state index in [2.05, 4.69) is 39.5 Å². The van der Waals surface area contributed by atoms with Gasteiger partial charge < -0.3 is 19.9 Å². The number of aromatic amines is 1. The molecule has 3 aromatic rings. The zero-order chi connectivity index (χ0) is 30.5. The predicted molar refractivity (Wildman–Crippen MR) is 170 cm³/mol. The number of rotatable bonds is 9. The van der Waals surface area contributed by atoms with Crippen molar-refractivity contribution in [2.24, 2.45) is 5.92 Å². The molecule has 1 aliphatic carbocycles. The molecule has 1 saturated carbocycles. The number of ether oxygens (including phenoxy) is 1. The van der Waals surface area contributed by atoms with Crippen molar-refractivity contribution >= 4 is 17.5 Å². The number of morpholine rings is 1. The molecule has 0 spiro atoms. The molecule has 0 unspecified atom stereocenters. The van der Waals surface area contributed by atoms with Gasteiger partial charge in [0, 0.05) is 61.1 Å². The van der Waals surface area contributed by atoms with E-state index in [4.69, 9.17) is 4.74 Å². The Hall–Kier alpha value is -3.75. The average Bonchev–Trinajstić information content (AvgIpc) is 3.54. The van der Waals surface area contributed by atoms with E-state index in [0.29, 0.717) is 17.7 Å². The quantitative estimate of drug-likeness (QED) is 0.357. The molecule has 2 aliphatic rings. The van der Waals surface area contributed by atoms with Crippen molar-refractivity contribution in [3.05, 3.63) is 86.3 Å². The van der Waals surface area contributed by atoms with E-state index in [1.807, 2.05) is 50.8 Å². The van der Waals surface area contributed by atoms with Crippen LogP contribution in [-0.4, -0.2) is 54.5 Å². The van der Waals surface area contributed by atoms with Crippen molar-refractivity contribution in [1.29, 1.82) is 0 Å². The molecule has 2 amide bonds. The van der Waals surface area contributed by atoms with Crippen LogP contribution in [0.15, 0.2) is 47.3 Å². The predicted octanol–water partition coefficient (Wildman–Crippen LogP) is 5.27. The second-order valence-electron chi connectivity index (χ2n) is 11.9. The minimum Gasteiger partial charge on any atom is -0.379 e. The van der Waals surface area contributed by atoms with Gasteiger partial charge >= 0.3 is 0 Å². The number of pyridine rings is 1. The first kappa shape index (κ1) is 30.7. The van der Waals surface area contributed by atoms with Crippen molar-refractivity contribution < 1.29 is 14.3 Å². The summed E-state index contributed by atoms with van der Waals surface area (Å²) >= 11 is 0. The van der Waals surface area contributed by atoms with Crippen molar-refractivity contribution in [2.75, 3.05) is 37.7 Å². The van der Waals surface area contributed by atoms with E-state index in [-0.39, 0.29) is 29.8 Å². The molecule has 2 N–H and O–H groups in total. The van der Waals surface area contributed by atoms with Gasteiger partial charge in [0.15, 0.2) is 0 Å². The summed E-state index contributed by atoms with van der Waals surface area (Å²) in [6, 6.07) is 14.3. The number of hydrogen-bond acceptors (Lipinski definition) is 5. The summed E-state index contributed by atoms with van der Waals surface area (Å²) < 4.78 is 5.48. The molecule has 1 aromatic heterocycles. The highest BCUT2D eigenvalue weighted by atomic mass is 16.5. The Morgan fingerprint density at radius 2 is 1.70 bits per heavy atom. The van der Waals surface area contributed by atoms with Gasteiger partial charge in [0.05, 0.1) is 13.2 Å². The molecular formula is C35H44N4O4. The smallest absolute Gasteiger partial charge is 0.253 e. The lowest BCUT2D eigenvalue weighted by Gasteiger charge is -2.28. The van der Waals surface area contributed by atoms with E-state index < -0.39 is 0 Å². The van der Waals surface area contributed by atoms with Gasteiger partial charge in [-0.2, -0.15) is 0 Å². The zero-order valence-electron chi connectivity index (χ0n) is 25.9. The standard InChI is InChI=1S/C35H44N4O4/c1-5-39(35(42)28-8-6-7-9-28)32-20-29(27-12-10-26(11-13-27)22-38-14-16-43-17-15-38)19-30(25(32)4)33(40)36-21-31-23(2)18-24(3)37-34(31)41/h10-13,18-20,28H,5-9,14-17,21-22H2,1-4H3,(H,36,40)(H,37,41). The van der Waals surface area contributed by atoms with Crippen molar-refractivity contribution in [3.8, 4) is 11.1 Å². The molecule has 1 aliphatic heterocycles. The van der Waals surface area contributed by atoms with Gasteiger partial charge in [-0.05, 0) is 86.6 Å². The highest BCUT2D eigenvalue weighted by molar-refractivity contribution is 6.02. The molecule has 0 radical (unpaired) electrons. The molecule has 1 saturated heterocycles. The van der Waals surface area contributed by atoms with Crippen LogP contribution in [0.5, 0.6) is 0 Å². The highest BCUT2D eigenvalue weighted by Gasteiger charge is 2.29. The molecule has 2 aromatic carbocycles. The number of nitrogens with zero attached hydrogens (tertiary/aromatic N) is 2. The molecule has 0 atom stereocenters. The summed E-state index contributed by atoms with van der Waals surface area (Å²) in [4.78, 5) is 47.1. The van der Waals surface area contributed by atoms with Crippen LogP contribution in [0.2, 0.25) is 0 Å². The Kier molecular flexibility index (Phi) is 9.78. The normalized spacial score (nSPS) is 15.9. The maximum atomic E-state index is 13.7. The molecule has 2 fully saturated rings. The molecule has 8 nitrogen and oxygen atoms in total. The molecule has 5 rings (SSSR count). The van der Waals surface area contributed by atoms with Gasteiger partial charge in [-0.25, -0.2) is 0 Å². The van der Waals surface area contributed by atoms with Crippen molar-refractivity contribution in [1.82, 2.24) is 15.2 Å². The lowest BCUT2D eigenvalue weighted by Crippen LogP contribution is -2.36. The van der Waals surface area contributed by atoms with Gasteiger partial charge in [-0.1, -0.05) is 37.1 Å². The monoisotopic (exact) mass is 584 g/mol. The lowest BCUT2D eigenvalue weighted by molar-refractivity contribution is -0.122. The summed E-state index contributed by atoms with van der Waals surface area (Å²) in [5.74, 6) is -0.112. The average molecular weight is 585 g/mol. The SMILES string of the molecule is CCN(C(=O)C1CCCC1)c1cc(-c2ccc(CN3CCOCC3)cc2)cc(C(=O)NCc2c(C)cc(C)[nH]c2=O)c1C. The molecule has 228 valence electrons. The van der Waals surface area contributed by atoms with Crippen LogP contribution in [0.1, 0.15) is 70.9 Å². The first-order valence-electron chi connectivity index (χ1n) is 15.6. The van der Waals surface area contributed by atoms with E-state index in [0.717, 1.165) is 92.2 Å². The lowest BCUT2D eigenvalue weighted by atomic mass is 9.95. The molecule has 2 heterocycles. The topological polar surface area (TPSA) is 94.7 Å². The summed E-state index contributed by atoms with van der Waals surface area (Å²) in [6.07, 6.45) is 3.98. The fourth-order valence-corrected chi connectivity index (χ4v) is 6.41. The summed E-state index contributed by atoms with van der Waals surface area (Å²) in [7, 11) is 0. The first-order valence-corrected chi connectivity index (χ1v) is 15.6. The van der Waals surface area contributed by atoms with Gasteiger partial charge in [0.1, 0.15) is 0 Å². The van der Waals surface area contributed by atoms with Gasteiger partial charge in [-0.3, -0.25) is 19.3 Å². The number of H-pyrrole nitrogens is 1. The maximum Gasteiger partial charge on any atom is 0.253 e. The van der Waals surface area contributed by atoms with E-state index in [9.17, 15) is 14.4 Å². The van der Waals surface area contributed by atoms with Crippen LogP contribution in [0.3, 0.4) is 0 Å². The van der Waals surface area contributed by atoms with Crippen LogP contribution in [0, 0.1) is 26.7 Å². The number of aryl methyl sites for hydroxylation is 2. The summed E-state index contributed by atoms with van der Waals surface area (Å²) in [5, 5.41) is 2.98. The van der Waals surface area contributed by atoms with Gasteiger partial charge in [0.2, 0.25) is 5.91 Å². The van der Waals surface area contributed by atoms with E-state index in [1.54, 1.807) is 0 Å². The fourth-order valence-electron chi connectivity index (χ4n) is 6.41. The van der Waals surface area contributed by atoms with Gasteiger partial charge in [0.25, 0.3) is 11.5 Å². The molecule has 0 bridgehead atoms. The van der Waals surface area contributed by atoms with Crippen LogP contribution in [0.25, 0.3) is 11.1 Å². The number of aromatic nitrogens is 1. The van der Waals surface area contributed by atoms with Crippen LogP contribution in [0.4, 0.5) is 5.69 Å². The number of amides is 2. The van der Waals surface area contributed by atoms with Crippen LogP contribution >= 0.6 is 0 Å². The minimum absolute atomic E-state index is 0.0241.